The lowest BCUT2D eigenvalue weighted by atomic mass is 9.96. The van der Waals surface area contributed by atoms with E-state index in [2.05, 4.69) is 10.6 Å². The maximum atomic E-state index is 12.2. The Morgan fingerprint density at radius 2 is 1.93 bits per heavy atom. The van der Waals surface area contributed by atoms with Crippen molar-refractivity contribution in [2.45, 2.75) is 44.6 Å². The van der Waals surface area contributed by atoms with Gasteiger partial charge < -0.3 is 4.57 Å². The Kier molecular flexibility index (Phi) is 5.09. The largest absolute Gasteiger partial charge is 0.347 e. The van der Waals surface area contributed by atoms with Gasteiger partial charge in [-0.05, 0) is 36.6 Å². The molecule has 1 atom stereocenters. The first kappa shape index (κ1) is 19.2. The lowest BCUT2D eigenvalue weighted by molar-refractivity contribution is 0.581. The molecule has 0 bridgehead atoms. The molecule has 0 aliphatic heterocycles. The second kappa shape index (κ2) is 7.18. The Bertz CT molecular complexity index is 1150. The van der Waals surface area contributed by atoms with Crippen LogP contribution in [-0.4, -0.2) is 13.0 Å². The quantitative estimate of drug-likeness (QED) is 0.729. The molecule has 3 rings (SSSR count). The summed E-state index contributed by atoms with van der Waals surface area (Å²) in [7, 11) is -3.82. The van der Waals surface area contributed by atoms with Gasteiger partial charge in [0.25, 0.3) is 0 Å². The molecule has 2 aromatic carbocycles. The normalized spacial score (nSPS) is 12.9. The Hall–Kier alpha value is -2.62. The summed E-state index contributed by atoms with van der Waals surface area (Å²) in [6, 6.07) is 13.9. The van der Waals surface area contributed by atoms with Gasteiger partial charge in [0.15, 0.2) is 0 Å². The zero-order valence-electron chi connectivity index (χ0n) is 15.7. The third-order valence-corrected chi connectivity index (χ3v) is 6.00. The highest BCUT2D eigenvalue weighted by Gasteiger charge is 2.22. The molecule has 6 heteroatoms. The summed E-state index contributed by atoms with van der Waals surface area (Å²) < 4.78 is 26.5. The van der Waals surface area contributed by atoms with E-state index in [1.54, 1.807) is 6.92 Å². The van der Waals surface area contributed by atoms with Crippen molar-refractivity contribution in [1.82, 2.24) is 4.57 Å². The van der Waals surface area contributed by atoms with Crippen LogP contribution in [0.1, 0.15) is 35.1 Å². The third kappa shape index (κ3) is 3.75. The molecule has 0 radical (unpaired) electrons. The molecule has 0 amide bonds. The van der Waals surface area contributed by atoms with Gasteiger partial charge in [0, 0.05) is 29.6 Å². The molecule has 5 nitrogen and oxygen atoms in total. The molecule has 0 saturated heterocycles. The molecule has 140 valence electrons. The average molecular weight is 382 g/mol. The second-order valence-corrected chi connectivity index (χ2v) is 8.60. The van der Waals surface area contributed by atoms with Crippen molar-refractivity contribution in [3.8, 4) is 6.07 Å². The molecule has 0 spiro atoms. The van der Waals surface area contributed by atoms with Crippen LogP contribution in [0.4, 0.5) is 0 Å². The highest BCUT2D eigenvalue weighted by atomic mass is 32.2. The lowest BCUT2D eigenvalue weighted by Gasteiger charge is -2.19. The summed E-state index contributed by atoms with van der Waals surface area (Å²) in [5.41, 5.74) is 4.42. The summed E-state index contributed by atoms with van der Waals surface area (Å²) >= 11 is 0. The summed E-state index contributed by atoms with van der Waals surface area (Å²) in [4.78, 5) is 0.217. The van der Waals surface area contributed by atoms with Crippen LogP contribution < -0.4 is 5.14 Å². The van der Waals surface area contributed by atoms with Crippen molar-refractivity contribution < 1.29 is 8.42 Å². The van der Waals surface area contributed by atoms with E-state index in [1.807, 2.05) is 56.4 Å². The summed E-state index contributed by atoms with van der Waals surface area (Å²) in [6.45, 7) is 6.32. The van der Waals surface area contributed by atoms with Crippen molar-refractivity contribution in [3.05, 3.63) is 64.8 Å². The fraction of sp³-hybridized carbons (Fsp3) is 0.286. The number of nitriles is 1. The van der Waals surface area contributed by atoms with Crippen molar-refractivity contribution >= 4 is 20.9 Å². The van der Waals surface area contributed by atoms with Crippen LogP contribution in [0.2, 0.25) is 0 Å². The first-order chi connectivity index (χ1) is 12.7. The fourth-order valence-corrected chi connectivity index (χ4v) is 4.93. The molecule has 27 heavy (non-hydrogen) atoms. The molecule has 0 aliphatic carbocycles. The van der Waals surface area contributed by atoms with Gasteiger partial charge in [-0.15, -0.1) is 0 Å². The van der Waals surface area contributed by atoms with Gasteiger partial charge in [-0.25, -0.2) is 13.6 Å². The minimum Gasteiger partial charge on any atom is -0.347 e. The Balaban J connectivity index is 2.09. The predicted octanol–water partition coefficient (Wildman–Crippen LogP) is 3.78. The lowest BCUT2D eigenvalue weighted by Crippen LogP contribution is -2.19. The van der Waals surface area contributed by atoms with E-state index in [0.29, 0.717) is 18.5 Å². The Morgan fingerprint density at radius 1 is 1.22 bits per heavy atom. The van der Waals surface area contributed by atoms with Crippen LogP contribution in [-0.2, 0) is 23.0 Å². The summed E-state index contributed by atoms with van der Waals surface area (Å²) in [5, 5.41) is 15.7. The molecular weight excluding hydrogens is 358 g/mol. The van der Waals surface area contributed by atoms with Crippen molar-refractivity contribution in [1.29, 1.82) is 5.26 Å². The van der Waals surface area contributed by atoms with E-state index in [1.165, 1.54) is 0 Å². The topological polar surface area (TPSA) is 88.9 Å². The van der Waals surface area contributed by atoms with Gasteiger partial charge >= 0.3 is 0 Å². The zero-order chi connectivity index (χ0) is 19.8. The molecule has 0 aliphatic rings. The number of hydrogen-bond acceptors (Lipinski definition) is 3. The summed E-state index contributed by atoms with van der Waals surface area (Å²) in [6.07, 6.45) is 2.33. The highest BCUT2D eigenvalue weighted by molar-refractivity contribution is 7.89. The SMILES string of the molecule is Cc1cc(C)c(S(N)(=O)=O)c([C@H](C)Cn2cc(CC#N)c3ccccc32)c1. The maximum absolute atomic E-state index is 12.2. The fourth-order valence-electron chi connectivity index (χ4n) is 3.84. The molecule has 3 aromatic rings. The van der Waals surface area contributed by atoms with Gasteiger partial charge in [0.05, 0.1) is 17.4 Å². The molecule has 1 heterocycles. The number of sulfonamides is 1. The average Bonchev–Trinajstić information content (AvgIpc) is 2.91. The van der Waals surface area contributed by atoms with E-state index in [9.17, 15) is 8.42 Å². The number of para-hydroxylation sites is 1. The van der Waals surface area contributed by atoms with E-state index < -0.39 is 10.0 Å². The number of nitrogens with two attached hydrogens (primary N) is 1. The van der Waals surface area contributed by atoms with Gasteiger partial charge in [0.1, 0.15) is 0 Å². The van der Waals surface area contributed by atoms with Crippen molar-refractivity contribution in [2.75, 3.05) is 0 Å². The van der Waals surface area contributed by atoms with Crippen LogP contribution in [0, 0.1) is 25.2 Å². The second-order valence-electron chi connectivity index (χ2n) is 7.10. The van der Waals surface area contributed by atoms with Gasteiger partial charge in [-0.3, -0.25) is 0 Å². The number of nitrogens with zero attached hydrogens (tertiary/aromatic N) is 2. The first-order valence-corrected chi connectivity index (χ1v) is 10.3. The number of benzene rings is 2. The molecule has 0 unspecified atom stereocenters. The predicted molar refractivity (Wildman–Crippen MR) is 107 cm³/mol. The molecule has 0 saturated carbocycles. The van der Waals surface area contributed by atoms with E-state index in [4.69, 9.17) is 10.4 Å². The van der Waals surface area contributed by atoms with Crippen molar-refractivity contribution in [3.63, 3.8) is 0 Å². The monoisotopic (exact) mass is 381 g/mol. The first-order valence-electron chi connectivity index (χ1n) is 8.80. The number of aryl methyl sites for hydroxylation is 2. The van der Waals surface area contributed by atoms with E-state index in [-0.39, 0.29) is 10.8 Å². The summed E-state index contributed by atoms with van der Waals surface area (Å²) in [5.74, 6) is -0.0670. The zero-order valence-corrected chi connectivity index (χ0v) is 16.5. The van der Waals surface area contributed by atoms with Gasteiger partial charge in [-0.1, -0.05) is 42.8 Å². The molecule has 0 fully saturated rings. The third-order valence-electron chi connectivity index (χ3n) is 4.87. The minimum atomic E-state index is -3.82. The van der Waals surface area contributed by atoms with Crippen LogP contribution >= 0.6 is 0 Å². The Labute approximate surface area is 160 Å². The highest BCUT2D eigenvalue weighted by Crippen LogP contribution is 2.31. The standard InChI is InChI=1S/C21H23N3O2S/c1-14-10-15(2)21(27(23,25)26)19(11-14)16(3)12-24-13-17(8-9-22)18-6-4-5-7-20(18)24/h4-7,10-11,13,16H,8,12H2,1-3H3,(H2,23,25,26)/t16-/m1/s1. The molecule has 2 N–H and O–H groups in total. The minimum absolute atomic E-state index is 0.0670. The van der Waals surface area contributed by atoms with Crippen LogP contribution in [0.25, 0.3) is 10.9 Å². The number of rotatable bonds is 5. The van der Waals surface area contributed by atoms with Gasteiger partial charge in [-0.2, -0.15) is 5.26 Å². The van der Waals surface area contributed by atoms with Crippen molar-refractivity contribution in [2.24, 2.45) is 5.14 Å². The maximum Gasteiger partial charge on any atom is 0.238 e. The number of fused-ring (bicyclic) bond motifs is 1. The molecular formula is C21H23N3O2S. The molecule has 1 aromatic heterocycles. The van der Waals surface area contributed by atoms with E-state index in [0.717, 1.165) is 27.6 Å². The van der Waals surface area contributed by atoms with Gasteiger partial charge in [0.2, 0.25) is 10.0 Å². The van der Waals surface area contributed by atoms with E-state index >= 15 is 0 Å². The number of primary sulfonamides is 1. The number of aromatic nitrogens is 1. The van der Waals surface area contributed by atoms with Crippen LogP contribution in [0.15, 0.2) is 47.5 Å². The Morgan fingerprint density at radius 3 is 2.59 bits per heavy atom. The smallest absolute Gasteiger partial charge is 0.238 e. The van der Waals surface area contributed by atoms with Crippen LogP contribution in [0.3, 0.4) is 0 Å². The van der Waals surface area contributed by atoms with Crippen LogP contribution in [0.5, 0.6) is 0 Å². The number of hydrogen-bond donors (Lipinski definition) is 1.